The van der Waals surface area contributed by atoms with Crippen LogP contribution in [-0.2, 0) is 30.5 Å². The van der Waals surface area contributed by atoms with Gasteiger partial charge in [-0.3, -0.25) is 9.48 Å². The molecule has 0 bridgehead atoms. The molecule has 1 saturated heterocycles. The normalized spacial score (nSPS) is 17.5. The van der Waals surface area contributed by atoms with Crippen LogP contribution in [0.4, 0.5) is 24.0 Å². The van der Waals surface area contributed by atoms with Crippen LogP contribution in [0.3, 0.4) is 0 Å². The van der Waals surface area contributed by atoms with E-state index in [2.05, 4.69) is 16.1 Å². The van der Waals surface area contributed by atoms with Crippen LogP contribution in [0.1, 0.15) is 40.6 Å². The average molecular weight is 594 g/mol. The quantitative estimate of drug-likeness (QED) is 0.320. The number of nitrogens with zero attached hydrogens (tertiary/aromatic N) is 7. The molecule has 0 unspecified atom stereocenters. The number of halogens is 3. The average Bonchev–Trinajstić information content (AvgIpc) is 3.52. The second kappa shape index (κ2) is 10.6. The van der Waals surface area contributed by atoms with Crippen molar-refractivity contribution in [2.45, 2.75) is 52.5 Å². The van der Waals surface area contributed by atoms with Crippen molar-refractivity contribution in [1.29, 1.82) is 5.26 Å². The van der Waals surface area contributed by atoms with E-state index in [1.165, 1.54) is 17.4 Å². The highest BCUT2D eigenvalue weighted by atomic mass is 32.1. The summed E-state index contributed by atoms with van der Waals surface area (Å²) in [7, 11) is 0. The Morgan fingerprint density at radius 3 is 2.60 bits per heavy atom. The van der Waals surface area contributed by atoms with Crippen LogP contribution in [0.5, 0.6) is 0 Å². The molecule has 0 radical (unpaired) electrons. The van der Waals surface area contributed by atoms with Crippen molar-refractivity contribution in [3.8, 4) is 6.07 Å². The van der Waals surface area contributed by atoms with Gasteiger partial charge in [-0.25, -0.2) is 4.98 Å². The van der Waals surface area contributed by atoms with Crippen molar-refractivity contribution in [1.82, 2.24) is 19.7 Å². The van der Waals surface area contributed by atoms with Gasteiger partial charge in [-0.05, 0) is 74.7 Å². The number of amides is 1. The van der Waals surface area contributed by atoms with Crippen LogP contribution in [-0.4, -0.2) is 57.8 Å². The lowest BCUT2D eigenvalue weighted by Crippen LogP contribution is -2.55. The molecule has 2 aliphatic heterocycles. The van der Waals surface area contributed by atoms with Gasteiger partial charge in [-0.15, -0.1) is 0 Å². The highest BCUT2D eigenvalue weighted by molar-refractivity contribution is 7.22. The van der Waals surface area contributed by atoms with E-state index in [9.17, 15) is 23.2 Å². The number of carbonyl (C=O) groups excluding carboxylic acids is 1. The summed E-state index contributed by atoms with van der Waals surface area (Å²) in [6, 6.07) is 12.0. The summed E-state index contributed by atoms with van der Waals surface area (Å²) in [4.78, 5) is 23.9. The van der Waals surface area contributed by atoms with E-state index >= 15 is 0 Å². The van der Waals surface area contributed by atoms with Gasteiger partial charge in [0.05, 0.1) is 33.1 Å². The van der Waals surface area contributed by atoms with Gasteiger partial charge in [0.1, 0.15) is 6.54 Å². The second-order valence-electron chi connectivity index (χ2n) is 11.0. The minimum Gasteiger partial charge on any atom is -0.367 e. The molecule has 218 valence electrons. The van der Waals surface area contributed by atoms with Gasteiger partial charge in [0.25, 0.3) is 0 Å². The zero-order chi connectivity index (χ0) is 29.8. The van der Waals surface area contributed by atoms with Crippen molar-refractivity contribution in [2.75, 3.05) is 36.0 Å². The number of hydrogen-bond donors (Lipinski definition) is 0. The van der Waals surface area contributed by atoms with E-state index < -0.39 is 11.7 Å². The molecule has 6 rings (SSSR count). The maximum atomic E-state index is 14.1. The molecule has 2 aromatic carbocycles. The fourth-order valence-corrected chi connectivity index (χ4v) is 7.13. The van der Waals surface area contributed by atoms with Crippen LogP contribution in [0, 0.1) is 25.2 Å². The smallest absolute Gasteiger partial charge is 0.367 e. The summed E-state index contributed by atoms with van der Waals surface area (Å²) in [5.41, 5.74) is 4.26. The Morgan fingerprint density at radius 1 is 1.10 bits per heavy atom. The summed E-state index contributed by atoms with van der Waals surface area (Å²) in [5.74, 6) is -0.0237. The fraction of sp³-hybridized carbons (Fsp3) is 0.400. The molecule has 1 atom stereocenters. The van der Waals surface area contributed by atoms with E-state index in [4.69, 9.17) is 4.98 Å². The molecule has 1 fully saturated rings. The maximum Gasteiger partial charge on any atom is 0.416 e. The Morgan fingerprint density at radius 2 is 1.90 bits per heavy atom. The van der Waals surface area contributed by atoms with Crippen molar-refractivity contribution in [3.63, 3.8) is 0 Å². The number of anilines is 2. The lowest BCUT2D eigenvalue weighted by molar-refractivity contribution is -0.138. The number of nitriles is 1. The number of alkyl halides is 3. The molecule has 0 spiro atoms. The number of aromatic nitrogens is 3. The number of piperazine rings is 1. The molecule has 12 heteroatoms. The van der Waals surface area contributed by atoms with Crippen LogP contribution >= 0.6 is 11.3 Å². The summed E-state index contributed by atoms with van der Waals surface area (Å²) in [6.07, 6.45) is -4.20. The molecule has 0 saturated carbocycles. The van der Waals surface area contributed by atoms with E-state index in [1.54, 1.807) is 28.9 Å². The molecule has 4 heterocycles. The monoisotopic (exact) mass is 593 g/mol. The largest absolute Gasteiger partial charge is 0.416 e. The topological polar surface area (TPSA) is 81.3 Å². The summed E-state index contributed by atoms with van der Waals surface area (Å²) in [6.45, 7) is 8.16. The van der Waals surface area contributed by atoms with Gasteiger partial charge in [-0.1, -0.05) is 11.3 Å². The van der Waals surface area contributed by atoms with Gasteiger partial charge < -0.3 is 14.7 Å². The molecule has 42 heavy (non-hydrogen) atoms. The van der Waals surface area contributed by atoms with Gasteiger partial charge >= 0.3 is 6.18 Å². The third-order valence-electron chi connectivity index (χ3n) is 8.15. The van der Waals surface area contributed by atoms with Gasteiger partial charge in [0, 0.05) is 50.1 Å². The first-order chi connectivity index (χ1) is 20.0. The maximum absolute atomic E-state index is 14.1. The Bertz CT molecular complexity index is 1720. The van der Waals surface area contributed by atoms with Crippen LogP contribution in [0.15, 0.2) is 36.4 Å². The molecular formula is C30H30F3N7OS. The van der Waals surface area contributed by atoms with Crippen LogP contribution < -0.4 is 9.80 Å². The Kier molecular flexibility index (Phi) is 7.09. The fourth-order valence-electron chi connectivity index (χ4n) is 6.10. The first-order valence-electron chi connectivity index (χ1n) is 13.8. The minimum absolute atomic E-state index is 0.0237. The molecule has 2 aromatic heterocycles. The van der Waals surface area contributed by atoms with Crippen LogP contribution in [0.2, 0.25) is 0 Å². The SMILES string of the molecule is Cc1cc(C)n(CC(=O)N2CCN(c3ccc(C(F)(F)F)c4c3CN(c3nc5ccc(C#N)cc5s3)CC4)C[C@H]2C)n1. The molecule has 4 aromatic rings. The van der Waals surface area contributed by atoms with Gasteiger partial charge in [-0.2, -0.15) is 23.5 Å². The predicted molar refractivity (Wildman–Crippen MR) is 156 cm³/mol. The highest BCUT2D eigenvalue weighted by Crippen LogP contribution is 2.42. The van der Waals surface area contributed by atoms with Gasteiger partial charge in [0.15, 0.2) is 5.13 Å². The standard InChI is InChI=1S/C30H30F3N7OS/c1-18-12-19(2)40(36-18)17-28(41)39-11-10-37(15-20(39)3)26-7-5-24(30(31,32)33)22-8-9-38(16-23(22)26)29-35-25-6-4-21(14-34)13-27(25)42-29/h4-7,12-13,20H,8-11,15-17H2,1-3H3/t20-/m1/s1. The Hall–Kier alpha value is -4.11. The third-order valence-corrected chi connectivity index (χ3v) is 9.23. The zero-order valence-corrected chi connectivity index (χ0v) is 24.4. The van der Waals surface area contributed by atoms with Gasteiger partial charge in [0.2, 0.25) is 5.91 Å². The Balaban J connectivity index is 1.27. The molecule has 0 N–H and O–H groups in total. The van der Waals surface area contributed by atoms with Crippen LogP contribution in [0.25, 0.3) is 10.2 Å². The number of thiazole rings is 1. The molecule has 2 aliphatic rings. The molecule has 8 nitrogen and oxygen atoms in total. The summed E-state index contributed by atoms with van der Waals surface area (Å²) < 4.78 is 44.8. The summed E-state index contributed by atoms with van der Waals surface area (Å²) in [5, 5.41) is 14.4. The summed E-state index contributed by atoms with van der Waals surface area (Å²) >= 11 is 1.44. The Labute approximate surface area is 245 Å². The molecular weight excluding hydrogens is 563 g/mol. The lowest BCUT2D eigenvalue weighted by Gasteiger charge is -2.43. The first kappa shape index (κ1) is 28.0. The highest BCUT2D eigenvalue weighted by Gasteiger charge is 2.38. The second-order valence-corrected chi connectivity index (χ2v) is 12.0. The number of rotatable bonds is 4. The van der Waals surface area contributed by atoms with Crippen molar-refractivity contribution in [3.05, 3.63) is 70.0 Å². The van der Waals surface area contributed by atoms with Crippen molar-refractivity contribution in [2.24, 2.45) is 0 Å². The van der Waals surface area contributed by atoms with E-state index in [-0.39, 0.29) is 24.9 Å². The number of hydrogen-bond acceptors (Lipinski definition) is 7. The van der Waals surface area contributed by atoms with E-state index in [0.717, 1.165) is 32.4 Å². The zero-order valence-electron chi connectivity index (χ0n) is 23.6. The van der Waals surface area contributed by atoms with Crippen molar-refractivity contribution >= 4 is 38.3 Å². The minimum atomic E-state index is -4.45. The number of carbonyl (C=O) groups is 1. The first-order valence-corrected chi connectivity index (χ1v) is 14.7. The number of fused-ring (bicyclic) bond motifs is 2. The third kappa shape index (κ3) is 5.17. The predicted octanol–water partition coefficient (Wildman–Crippen LogP) is 5.30. The number of benzene rings is 2. The molecule has 1 amide bonds. The lowest BCUT2D eigenvalue weighted by atomic mass is 9.91. The molecule has 0 aliphatic carbocycles. The van der Waals surface area contributed by atoms with Crippen molar-refractivity contribution < 1.29 is 18.0 Å². The number of aryl methyl sites for hydroxylation is 2. The van der Waals surface area contributed by atoms with E-state index in [1.807, 2.05) is 36.6 Å². The van der Waals surface area contributed by atoms with E-state index in [0.29, 0.717) is 49.4 Å².